The molecule has 25 heavy (non-hydrogen) atoms. The SMILES string of the molecule is O=C(O)C1CCCC(C(=O)N2CCc3ccc4ccccc4c32)CC1. The van der Waals surface area contributed by atoms with E-state index in [1.165, 1.54) is 5.56 Å². The van der Waals surface area contributed by atoms with Crippen molar-refractivity contribution in [3.05, 3.63) is 42.0 Å². The van der Waals surface area contributed by atoms with E-state index in [1.54, 1.807) is 0 Å². The van der Waals surface area contributed by atoms with Crippen LogP contribution in [0, 0.1) is 11.8 Å². The Bertz CT molecular complexity index is 829. The molecule has 1 aliphatic carbocycles. The predicted molar refractivity (Wildman–Crippen MR) is 97.7 cm³/mol. The van der Waals surface area contributed by atoms with Crippen LogP contribution in [-0.2, 0) is 16.0 Å². The summed E-state index contributed by atoms with van der Waals surface area (Å²) in [6.45, 7) is 0.737. The molecular weight excluding hydrogens is 314 g/mol. The summed E-state index contributed by atoms with van der Waals surface area (Å²) in [6, 6.07) is 12.5. The van der Waals surface area contributed by atoms with Gasteiger partial charge in [0.1, 0.15) is 0 Å². The van der Waals surface area contributed by atoms with Crippen molar-refractivity contribution >= 4 is 28.3 Å². The molecule has 4 rings (SSSR count). The van der Waals surface area contributed by atoms with Crippen molar-refractivity contribution in [3.8, 4) is 0 Å². The summed E-state index contributed by atoms with van der Waals surface area (Å²) in [4.78, 5) is 26.4. The fourth-order valence-electron chi connectivity index (χ4n) is 4.40. The van der Waals surface area contributed by atoms with Crippen molar-refractivity contribution in [2.45, 2.75) is 38.5 Å². The number of aliphatic carboxylic acids is 1. The zero-order valence-electron chi connectivity index (χ0n) is 14.3. The highest BCUT2D eigenvalue weighted by atomic mass is 16.4. The fourth-order valence-corrected chi connectivity index (χ4v) is 4.40. The van der Waals surface area contributed by atoms with E-state index in [9.17, 15) is 14.7 Å². The van der Waals surface area contributed by atoms with Crippen LogP contribution >= 0.6 is 0 Å². The average Bonchev–Trinajstić information content (AvgIpc) is 2.90. The highest BCUT2D eigenvalue weighted by Crippen LogP contribution is 2.38. The molecule has 1 heterocycles. The molecule has 2 atom stereocenters. The number of fused-ring (bicyclic) bond motifs is 3. The third kappa shape index (κ3) is 2.90. The van der Waals surface area contributed by atoms with Gasteiger partial charge in [-0.2, -0.15) is 0 Å². The largest absolute Gasteiger partial charge is 0.481 e. The number of carbonyl (C=O) groups excluding carboxylic acids is 1. The van der Waals surface area contributed by atoms with Crippen LogP contribution in [0.3, 0.4) is 0 Å². The van der Waals surface area contributed by atoms with Gasteiger partial charge in [-0.05, 0) is 43.1 Å². The summed E-state index contributed by atoms with van der Waals surface area (Å²) < 4.78 is 0. The topological polar surface area (TPSA) is 57.6 Å². The van der Waals surface area contributed by atoms with Gasteiger partial charge < -0.3 is 10.0 Å². The maximum Gasteiger partial charge on any atom is 0.306 e. The zero-order valence-corrected chi connectivity index (χ0v) is 14.3. The van der Waals surface area contributed by atoms with Gasteiger partial charge in [-0.3, -0.25) is 9.59 Å². The van der Waals surface area contributed by atoms with Gasteiger partial charge in [0.05, 0.1) is 11.6 Å². The number of hydrogen-bond donors (Lipinski definition) is 1. The molecule has 0 aromatic heterocycles. The van der Waals surface area contributed by atoms with Crippen LogP contribution in [0.5, 0.6) is 0 Å². The molecule has 130 valence electrons. The molecular formula is C21H23NO3. The molecule has 2 aliphatic rings. The van der Waals surface area contributed by atoms with E-state index in [-0.39, 0.29) is 17.7 Å². The Morgan fingerprint density at radius 2 is 1.72 bits per heavy atom. The predicted octanol–water partition coefficient (Wildman–Crippen LogP) is 4.01. The van der Waals surface area contributed by atoms with E-state index in [0.717, 1.165) is 42.3 Å². The maximum atomic E-state index is 13.2. The Morgan fingerprint density at radius 1 is 0.960 bits per heavy atom. The first-order valence-corrected chi connectivity index (χ1v) is 9.20. The first-order valence-electron chi connectivity index (χ1n) is 9.20. The summed E-state index contributed by atoms with van der Waals surface area (Å²) in [5.41, 5.74) is 2.31. The van der Waals surface area contributed by atoms with E-state index < -0.39 is 5.97 Å². The lowest BCUT2D eigenvalue weighted by molar-refractivity contribution is -0.142. The molecule has 4 heteroatoms. The molecule has 4 nitrogen and oxygen atoms in total. The van der Waals surface area contributed by atoms with Crippen LogP contribution in [0.2, 0.25) is 0 Å². The molecule has 0 spiro atoms. The van der Waals surface area contributed by atoms with E-state index in [4.69, 9.17) is 0 Å². The second-order valence-electron chi connectivity index (χ2n) is 7.27. The Kier molecular flexibility index (Phi) is 4.20. The molecule has 2 unspecified atom stereocenters. The summed E-state index contributed by atoms with van der Waals surface area (Å²) >= 11 is 0. The number of hydrogen-bond acceptors (Lipinski definition) is 2. The van der Waals surface area contributed by atoms with Gasteiger partial charge in [0, 0.05) is 17.8 Å². The highest BCUT2D eigenvalue weighted by molar-refractivity contribution is 6.07. The van der Waals surface area contributed by atoms with Gasteiger partial charge in [-0.1, -0.05) is 42.8 Å². The molecule has 1 N–H and O–H groups in total. The molecule has 0 saturated heterocycles. The monoisotopic (exact) mass is 337 g/mol. The molecule has 2 aromatic carbocycles. The van der Waals surface area contributed by atoms with Gasteiger partial charge in [0.15, 0.2) is 0 Å². The smallest absolute Gasteiger partial charge is 0.306 e. The third-order valence-electron chi connectivity index (χ3n) is 5.79. The molecule has 1 saturated carbocycles. The molecule has 1 aliphatic heterocycles. The Balaban J connectivity index is 1.61. The lowest BCUT2D eigenvalue weighted by atomic mass is 9.96. The van der Waals surface area contributed by atoms with Crippen molar-refractivity contribution in [1.29, 1.82) is 0 Å². The van der Waals surface area contributed by atoms with Crippen molar-refractivity contribution in [2.24, 2.45) is 11.8 Å². The van der Waals surface area contributed by atoms with Crippen LogP contribution in [0.25, 0.3) is 10.8 Å². The quantitative estimate of drug-likeness (QED) is 0.842. The minimum absolute atomic E-state index is 0.0470. The van der Waals surface area contributed by atoms with E-state index in [0.29, 0.717) is 19.3 Å². The first kappa shape index (κ1) is 16.1. The van der Waals surface area contributed by atoms with Gasteiger partial charge in [-0.15, -0.1) is 0 Å². The fraction of sp³-hybridized carbons (Fsp3) is 0.429. The van der Waals surface area contributed by atoms with E-state index in [2.05, 4.69) is 24.3 Å². The number of carboxylic acid groups (broad SMARTS) is 1. The number of nitrogens with zero attached hydrogens (tertiary/aromatic N) is 1. The number of carboxylic acids is 1. The second kappa shape index (κ2) is 6.51. The average molecular weight is 337 g/mol. The lowest BCUT2D eigenvalue weighted by Gasteiger charge is -2.24. The number of rotatable bonds is 2. The number of benzene rings is 2. The third-order valence-corrected chi connectivity index (χ3v) is 5.79. The van der Waals surface area contributed by atoms with Crippen molar-refractivity contribution in [3.63, 3.8) is 0 Å². The van der Waals surface area contributed by atoms with Crippen LogP contribution in [0.15, 0.2) is 36.4 Å². The second-order valence-corrected chi connectivity index (χ2v) is 7.27. The summed E-state index contributed by atoms with van der Waals surface area (Å²) in [5, 5.41) is 11.6. The van der Waals surface area contributed by atoms with Crippen molar-refractivity contribution < 1.29 is 14.7 Å². The Hall–Kier alpha value is -2.36. The molecule has 1 amide bonds. The van der Waals surface area contributed by atoms with Crippen LogP contribution in [0.4, 0.5) is 5.69 Å². The van der Waals surface area contributed by atoms with Gasteiger partial charge in [0.2, 0.25) is 5.91 Å². The van der Waals surface area contributed by atoms with Gasteiger partial charge in [0.25, 0.3) is 0 Å². The Labute approximate surface area is 147 Å². The standard InChI is InChI=1S/C21H23NO3/c23-20(16-5-3-6-17(11-10-16)21(24)25)22-13-12-15-9-8-14-4-1-2-7-18(14)19(15)22/h1-2,4,7-9,16-17H,3,5-6,10-13H2,(H,24,25). The lowest BCUT2D eigenvalue weighted by Crippen LogP contribution is -2.35. The van der Waals surface area contributed by atoms with Crippen molar-refractivity contribution in [2.75, 3.05) is 11.4 Å². The summed E-state index contributed by atoms with van der Waals surface area (Å²) in [5.74, 6) is -0.870. The zero-order chi connectivity index (χ0) is 17.4. The van der Waals surface area contributed by atoms with Gasteiger partial charge in [-0.25, -0.2) is 0 Å². The van der Waals surface area contributed by atoms with Crippen LogP contribution in [0.1, 0.15) is 37.7 Å². The van der Waals surface area contributed by atoms with Crippen LogP contribution < -0.4 is 4.90 Å². The molecule has 0 radical (unpaired) electrons. The Morgan fingerprint density at radius 3 is 2.56 bits per heavy atom. The summed E-state index contributed by atoms with van der Waals surface area (Å²) in [7, 11) is 0. The van der Waals surface area contributed by atoms with Gasteiger partial charge >= 0.3 is 5.97 Å². The summed E-state index contributed by atoms with van der Waals surface area (Å²) in [6.07, 6.45) is 4.52. The number of anilines is 1. The molecule has 0 bridgehead atoms. The van der Waals surface area contributed by atoms with Crippen molar-refractivity contribution in [1.82, 2.24) is 0 Å². The van der Waals surface area contributed by atoms with E-state index in [1.807, 2.05) is 17.0 Å². The highest BCUT2D eigenvalue weighted by Gasteiger charge is 2.33. The minimum Gasteiger partial charge on any atom is -0.481 e. The minimum atomic E-state index is -0.717. The number of amides is 1. The first-order chi connectivity index (χ1) is 12.1. The maximum absolute atomic E-state index is 13.2. The normalized spacial score (nSPS) is 23.3. The van der Waals surface area contributed by atoms with E-state index >= 15 is 0 Å². The molecule has 2 aromatic rings. The number of carbonyl (C=O) groups is 2. The van der Waals surface area contributed by atoms with Crippen LogP contribution in [-0.4, -0.2) is 23.5 Å². The molecule has 1 fully saturated rings.